The molecule has 130 valence electrons. The average Bonchev–Trinajstić information content (AvgIpc) is 3.04. The summed E-state index contributed by atoms with van der Waals surface area (Å²) >= 11 is 1.67. The molecule has 0 spiro atoms. The number of aryl methyl sites for hydroxylation is 1. The van der Waals surface area contributed by atoms with Crippen LogP contribution in [-0.4, -0.2) is 36.0 Å². The van der Waals surface area contributed by atoms with E-state index in [0.29, 0.717) is 19.5 Å². The Morgan fingerprint density at radius 1 is 1.24 bits per heavy atom. The van der Waals surface area contributed by atoms with Crippen molar-refractivity contribution in [1.29, 1.82) is 0 Å². The predicted molar refractivity (Wildman–Crippen MR) is 104 cm³/mol. The Labute approximate surface area is 151 Å². The van der Waals surface area contributed by atoms with Crippen LogP contribution in [0.1, 0.15) is 19.2 Å². The number of nitrogens with one attached hydrogen (secondary N) is 1. The van der Waals surface area contributed by atoms with Crippen molar-refractivity contribution in [1.82, 2.24) is 15.3 Å². The summed E-state index contributed by atoms with van der Waals surface area (Å²) < 4.78 is 0. The third-order valence-electron chi connectivity index (χ3n) is 3.95. The van der Waals surface area contributed by atoms with E-state index in [1.165, 1.54) is 10.4 Å². The van der Waals surface area contributed by atoms with Gasteiger partial charge in [-0.15, -0.1) is 11.3 Å². The van der Waals surface area contributed by atoms with Gasteiger partial charge in [-0.05, 0) is 25.5 Å². The summed E-state index contributed by atoms with van der Waals surface area (Å²) in [5, 5.41) is 3.87. The summed E-state index contributed by atoms with van der Waals surface area (Å²) in [5.74, 6) is 1.69. The molecule has 2 heterocycles. The molecule has 3 rings (SSSR count). The van der Waals surface area contributed by atoms with Crippen LogP contribution in [0.15, 0.2) is 36.4 Å². The maximum absolute atomic E-state index is 11.7. The second-order valence-electron chi connectivity index (χ2n) is 5.91. The summed E-state index contributed by atoms with van der Waals surface area (Å²) in [6.45, 7) is 5.11. The van der Waals surface area contributed by atoms with E-state index in [1.54, 1.807) is 11.3 Å². The number of amides is 1. The molecule has 0 bridgehead atoms. The number of nitrogens with zero attached hydrogens (tertiary/aromatic N) is 3. The molecule has 5 nitrogen and oxygen atoms in total. The number of rotatable bonds is 6. The number of hydrogen-bond donors (Lipinski definition) is 1. The van der Waals surface area contributed by atoms with Crippen molar-refractivity contribution >= 4 is 33.3 Å². The number of carbonyl (C=O) groups excluding carboxylic acids is 1. The molecule has 0 unspecified atom stereocenters. The highest BCUT2D eigenvalue weighted by molar-refractivity contribution is 7.21. The van der Waals surface area contributed by atoms with E-state index >= 15 is 0 Å². The summed E-state index contributed by atoms with van der Waals surface area (Å²) in [4.78, 5) is 25.1. The first-order chi connectivity index (χ1) is 12.1. The van der Waals surface area contributed by atoms with Gasteiger partial charge in [0.2, 0.25) is 5.91 Å². The first-order valence-corrected chi connectivity index (χ1v) is 9.21. The zero-order valence-corrected chi connectivity index (χ0v) is 15.6. The number of thiophene rings is 1. The SMILES string of the molecule is CCNC(=O)CCN(C)c1nc(C)nc2sc(-c3ccccc3)cc12. The van der Waals surface area contributed by atoms with Crippen LogP contribution in [0.2, 0.25) is 0 Å². The van der Waals surface area contributed by atoms with Gasteiger partial charge in [-0.25, -0.2) is 9.97 Å². The molecule has 0 saturated carbocycles. The minimum atomic E-state index is 0.0617. The third-order valence-corrected chi connectivity index (χ3v) is 5.03. The predicted octanol–water partition coefficient (Wildman–Crippen LogP) is 3.63. The maximum Gasteiger partial charge on any atom is 0.221 e. The lowest BCUT2D eigenvalue weighted by atomic mass is 10.2. The fourth-order valence-electron chi connectivity index (χ4n) is 2.71. The molecular weight excluding hydrogens is 332 g/mol. The van der Waals surface area contributed by atoms with Gasteiger partial charge in [-0.2, -0.15) is 0 Å². The number of anilines is 1. The van der Waals surface area contributed by atoms with E-state index in [0.717, 1.165) is 21.9 Å². The van der Waals surface area contributed by atoms with Crippen molar-refractivity contribution in [3.8, 4) is 10.4 Å². The minimum Gasteiger partial charge on any atom is -0.359 e. The van der Waals surface area contributed by atoms with Crippen molar-refractivity contribution in [2.24, 2.45) is 0 Å². The van der Waals surface area contributed by atoms with E-state index in [2.05, 4.69) is 33.5 Å². The molecule has 0 aliphatic carbocycles. The highest BCUT2D eigenvalue weighted by atomic mass is 32.1. The molecule has 1 amide bonds. The molecule has 6 heteroatoms. The lowest BCUT2D eigenvalue weighted by molar-refractivity contribution is -0.120. The van der Waals surface area contributed by atoms with Crippen LogP contribution in [-0.2, 0) is 4.79 Å². The largest absolute Gasteiger partial charge is 0.359 e. The van der Waals surface area contributed by atoms with Crippen molar-refractivity contribution < 1.29 is 4.79 Å². The van der Waals surface area contributed by atoms with Gasteiger partial charge in [0, 0.05) is 31.4 Å². The molecule has 0 aliphatic heterocycles. The fourth-order valence-corrected chi connectivity index (χ4v) is 3.78. The lowest BCUT2D eigenvalue weighted by Crippen LogP contribution is -2.29. The quantitative estimate of drug-likeness (QED) is 0.734. The van der Waals surface area contributed by atoms with Crippen LogP contribution in [0.5, 0.6) is 0 Å². The number of hydrogen-bond acceptors (Lipinski definition) is 5. The van der Waals surface area contributed by atoms with Gasteiger partial charge in [0.25, 0.3) is 0 Å². The molecule has 25 heavy (non-hydrogen) atoms. The molecule has 3 aromatic rings. The Morgan fingerprint density at radius 3 is 2.72 bits per heavy atom. The van der Waals surface area contributed by atoms with Crippen molar-refractivity contribution in [3.05, 3.63) is 42.2 Å². The van der Waals surface area contributed by atoms with E-state index in [9.17, 15) is 4.79 Å². The molecule has 0 atom stereocenters. The molecule has 0 saturated heterocycles. The van der Waals surface area contributed by atoms with Crippen LogP contribution in [0.25, 0.3) is 20.7 Å². The fraction of sp³-hybridized carbons (Fsp3) is 0.316. The lowest BCUT2D eigenvalue weighted by Gasteiger charge is -2.19. The average molecular weight is 354 g/mol. The normalized spacial score (nSPS) is 10.8. The van der Waals surface area contributed by atoms with E-state index in [4.69, 9.17) is 0 Å². The smallest absolute Gasteiger partial charge is 0.221 e. The zero-order valence-electron chi connectivity index (χ0n) is 14.7. The van der Waals surface area contributed by atoms with E-state index in [1.807, 2.05) is 44.0 Å². The highest BCUT2D eigenvalue weighted by Gasteiger charge is 2.15. The number of carbonyl (C=O) groups is 1. The molecule has 0 radical (unpaired) electrons. The summed E-state index contributed by atoms with van der Waals surface area (Å²) in [6, 6.07) is 12.4. The molecule has 0 fully saturated rings. The number of aromatic nitrogens is 2. The standard InChI is InChI=1S/C19H22N4OS/c1-4-20-17(24)10-11-23(3)18-15-12-16(14-8-6-5-7-9-14)25-19(15)22-13(2)21-18/h5-9,12H,4,10-11H2,1-3H3,(H,20,24). The van der Waals surface area contributed by atoms with Crippen LogP contribution < -0.4 is 10.2 Å². The second kappa shape index (κ2) is 7.61. The Kier molecular flexibility index (Phi) is 5.28. The van der Waals surface area contributed by atoms with Crippen molar-refractivity contribution in [3.63, 3.8) is 0 Å². The topological polar surface area (TPSA) is 58.1 Å². The molecule has 1 aromatic carbocycles. The van der Waals surface area contributed by atoms with Gasteiger partial charge >= 0.3 is 0 Å². The Bertz CT molecular complexity index is 876. The summed E-state index contributed by atoms with van der Waals surface area (Å²) in [5.41, 5.74) is 1.18. The van der Waals surface area contributed by atoms with Gasteiger partial charge in [-0.1, -0.05) is 30.3 Å². The van der Waals surface area contributed by atoms with Crippen molar-refractivity contribution in [2.45, 2.75) is 20.3 Å². The van der Waals surface area contributed by atoms with Gasteiger partial charge in [-0.3, -0.25) is 4.79 Å². The van der Waals surface area contributed by atoms with E-state index in [-0.39, 0.29) is 5.91 Å². The van der Waals surface area contributed by atoms with Gasteiger partial charge in [0.15, 0.2) is 0 Å². The highest BCUT2D eigenvalue weighted by Crippen LogP contribution is 2.36. The van der Waals surface area contributed by atoms with Crippen LogP contribution >= 0.6 is 11.3 Å². The van der Waals surface area contributed by atoms with E-state index < -0.39 is 0 Å². The molecule has 1 N–H and O–H groups in total. The molecule has 0 aliphatic rings. The van der Waals surface area contributed by atoms with Gasteiger partial charge < -0.3 is 10.2 Å². The monoisotopic (exact) mass is 354 g/mol. The zero-order chi connectivity index (χ0) is 17.8. The first-order valence-electron chi connectivity index (χ1n) is 8.40. The first kappa shape index (κ1) is 17.4. The van der Waals surface area contributed by atoms with Crippen LogP contribution in [0.4, 0.5) is 5.82 Å². The van der Waals surface area contributed by atoms with Crippen LogP contribution in [0.3, 0.4) is 0 Å². The number of fused-ring (bicyclic) bond motifs is 1. The van der Waals surface area contributed by atoms with Gasteiger partial charge in [0.05, 0.1) is 5.39 Å². The summed E-state index contributed by atoms with van der Waals surface area (Å²) in [7, 11) is 1.97. The van der Waals surface area contributed by atoms with Crippen LogP contribution in [0, 0.1) is 6.92 Å². The Balaban J connectivity index is 1.92. The summed E-state index contributed by atoms with van der Waals surface area (Å²) in [6.07, 6.45) is 0.449. The Hall–Kier alpha value is -2.47. The second-order valence-corrected chi connectivity index (χ2v) is 6.95. The molecule has 2 aromatic heterocycles. The van der Waals surface area contributed by atoms with Crippen molar-refractivity contribution in [2.75, 3.05) is 25.0 Å². The molecular formula is C19H22N4OS. The maximum atomic E-state index is 11.7. The Morgan fingerprint density at radius 2 is 2.00 bits per heavy atom. The third kappa shape index (κ3) is 3.96. The van der Waals surface area contributed by atoms with Gasteiger partial charge in [0.1, 0.15) is 16.5 Å². The number of benzene rings is 1. The minimum absolute atomic E-state index is 0.0617.